The lowest BCUT2D eigenvalue weighted by molar-refractivity contribution is -0.110. The largest absolute Gasteiger partial charge is 0.441 e. The Labute approximate surface area is 119 Å². The van der Waals surface area contributed by atoms with Gasteiger partial charge in [0.2, 0.25) is 6.41 Å². The fraction of sp³-hybridized carbons (Fsp3) is 0.333. The van der Waals surface area contributed by atoms with Gasteiger partial charge >= 0.3 is 6.09 Å². The Hall–Kier alpha value is -2.39. The molecule has 1 aromatic carbocycles. The molecule has 0 radical (unpaired) electrons. The van der Waals surface area contributed by atoms with E-state index in [1.165, 1.54) is 17.0 Å². The van der Waals surface area contributed by atoms with Crippen molar-refractivity contribution in [1.29, 1.82) is 0 Å². The summed E-state index contributed by atoms with van der Waals surface area (Å²) in [4.78, 5) is 22.9. The zero-order valence-corrected chi connectivity index (χ0v) is 11.0. The Morgan fingerprint density at radius 3 is 2.95 bits per heavy atom. The van der Waals surface area contributed by atoms with Gasteiger partial charge in [-0.05, 0) is 18.2 Å². The molecule has 4 N–H and O–H groups in total. The van der Waals surface area contributed by atoms with Crippen LogP contribution in [0, 0.1) is 5.82 Å². The number of aliphatic hydroxyl groups is 1. The molecule has 9 heteroatoms. The predicted octanol–water partition coefficient (Wildman–Crippen LogP) is -0.237. The lowest BCUT2D eigenvalue weighted by atomic mass is 10.2. The number of carbonyl (C=O) groups is 2. The van der Waals surface area contributed by atoms with Crippen molar-refractivity contribution in [2.45, 2.75) is 6.10 Å². The van der Waals surface area contributed by atoms with E-state index in [2.05, 4.69) is 16.2 Å². The number of anilines is 2. The second-order valence-corrected chi connectivity index (χ2v) is 4.26. The van der Waals surface area contributed by atoms with Crippen LogP contribution in [-0.2, 0) is 9.53 Å². The van der Waals surface area contributed by atoms with Gasteiger partial charge in [-0.2, -0.15) is 0 Å². The molecule has 1 aliphatic heterocycles. The minimum atomic E-state index is -0.619. The summed E-state index contributed by atoms with van der Waals surface area (Å²) in [7, 11) is 0. The molecular formula is C12H15FN4O4. The number of hydrazine groups is 1. The van der Waals surface area contributed by atoms with E-state index in [0.717, 1.165) is 0 Å². The Morgan fingerprint density at radius 1 is 1.52 bits per heavy atom. The number of cyclic esters (lactones) is 1. The van der Waals surface area contributed by atoms with Gasteiger partial charge in [0.25, 0.3) is 0 Å². The molecule has 1 atom stereocenters. The summed E-state index contributed by atoms with van der Waals surface area (Å²) in [6, 6.07) is 4.21. The maximum Gasteiger partial charge on any atom is 0.414 e. The van der Waals surface area contributed by atoms with E-state index in [4.69, 9.17) is 9.84 Å². The molecule has 0 saturated carbocycles. The minimum Gasteiger partial charge on any atom is -0.441 e. The molecule has 1 fully saturated rings. The van der Waals surface area contributed by atoms with Crippen LogP contribution in [0.1, 0.15) is 0 Å². The number of nitrogens with one attached hydrogen (secondary N) is 3. The van der Waals surface area contributed by atoms with Gasteiger partial charge in [0.1, 0.15) is 11.9 Å². The number of hydrogen-bond acceptors (Lipinski definition) is 6. The number of aliphatic hydroxyl groups excluding tert-OH is 1. The molecule has 0 bridgehead atoms. The maximum atomic E-state index is 13.9. The SMILES string of the molecule is O=CNNCNc1ccc(N2C[C@H](CO)OC2=O)cc1F. The normalized spacial score (nSPS) is 17.5. The molecule has 21 heavy (non-hydrogen) atoms. The standard InChI is InChI=1S/C12H15FN4O4/c13-10-3-8(17-4-9(5-18)21-12(17)20)1-2-11(10)14-6-15-16-7-19/h1-3,7,9,14-15,18H,4-6H2,(H,16,19)/t9-/m1/s1. The zero-order valence-electron chi connectivity index (χ0n) is 11.0. The van der Waals surface area contributed by atoms with Crippen molar-refractivity contribution in [3.63, 3.8) is 0 Å². The number of rotatable bonds is 7. The summed E-state index contributed by atoms with van der Waals surface area (Å²) < 4.78 is 18.8. The number of amides is 2. The molecule has 1 saturated heterocycles. The van der Waals surface area contributed by atoms with Gasteiger partial charge in [-0.3, -0.25) is 15.1 Å². The van der Waals surface area contributed by atoms with Crippen LogP contribution >= 0.6 is 0 Å². The molecule has 2 amide bonds. The maximum absolute atomic E-state index is 13.9. The molecule has 0 unspecified atom stereocenters. The van der Waals surface area contributed by atoms with E-state index in [9.17, 15) is 14.0 Å². The van der Waals surface area contributed by atoms with Crippen LogP contribution in [0.15, 0.2) is 18.2 Å². The topological polar surface area (TPSA) is 103 Å². The van der Waals surface area contributed by atoms with Crippen molar-refractivity contribution in [1.82, 2.24) is 10.9 Å². The molecule has 8 nitrogen and oxygen atoms in total. The number of ether oxygens (including phenoxy) is 1. The molecule has 0 spiro atoms. The summed E-state index contributed by atoms with van der Waals surface area (Å²) >= 11 is 0. The average Bonchev–Trinajstić information content (AvgIpc) is 2.86. The van der Waals surface area contributed by atoms with E-state index >= 15 is 0 Å². The second kappa shape index (κ2) is 6.86. The van der Waals surface area contributed by atoms with Gasteiger partial charge < -0.3 is 15.2 Å². The monoisotopic (exact) mass is 298 g/mol. The van der Waals surface area contributed by atoms with Crippen molar-refractivity contribution < 1.29 is 23.8 Å². The van der Waals surface area contributed by atoms with Crippen LogP contribution in [0.25, 0.3) is 0 Å². The third-order valence-corrected chi connectivity index (χ3v) is 2.87. The van der Waals surface area contributed by atoms with Crippen LogP contribution in [0.2, 0.25) is 0 Å². The highest BCUT2D eigenvalue weighted by Crippen LogP contribution is 2.25. The summed E-state index contributed by atoms with van der Waals surface area (Å²) in [5, 5.41) is 11.7. The molecule has 1 aromatic rings. The van der Waals surface area contributed by atoms with E-state index in [1.54, 1.807) is 6.07 Å². The number of carbonyl (C=O) groups excluding carboxylic acids is 2. The second-order valence-electron chi connectivity index (χ2n) is 4.26. The Morgan fingerprint density at radius 2 is 2.33 bits per heavy atom. The Bertz CT molecular complexity index is 528. The summed E-state index contributed by atoms with van der Waals surface area (Å²) in [6.45, 7) is 0.0273. The number of halogens is 1. The smallest absolute Gasteiger partial charge is 0.414 e. The van der Waals surface area contributed by atoms with Crippen molar-refractivity contribution in [3.8, 4) is 0 Å². The van der Waals surface area contributed by atoms with Crippen LogP contribution in [0.5, 0.6) is 0 Å². The highest BCUT2D eigenvalue weighted by atomic mass is 19.1. The number of nitrogens with zero attached hydrogens (tertiary/aromatic N) is 1. The molecule has 0 aromatic heterocycles. The average molecular weight is 298 g/mol. The third-order valence-electron chi connectivity index (χ3n) is 2.87. The summed E-state index contributed by atoms with van der Waals surface area (Å²) in [5.74, 6) is -0.555. The first-order valence-corrected chi connectivity index (χ1v) is 6.20. The molecule has 114 valence electrons. The first-order chi connectivity index (χ1) is 10.2. The fourth-order valence-electron chi connectivity index (χ4n) is 1.87. The van der Waals surface area contributed by atoms with Gasteiger partial charge in [-0.15, -0.1) is 0 Å². The third kappa shape index (κ3) is 3.58. The van der Waals surface area contributed by atoms with Crippen LogP contribution < -0.4 is 21.1 Å². The van der Waals surface area contributed by atoms with Crippen molar-refractivity contribution >= 4 is 23.9 Å². The molecule has 0 aliphatic carbocycles. The van der Waals surface area contributed by atoms with Crippen molar-refractivity contribution in [2.24, 2.45) is 0 Å². The molecular weight excluding hydrogens is 283 g/mol. The van der Waals surface area contributed by atoms with Crippen molar-refractivity contribution in [3.05, 3.63) is 24.0 Å². The number of hydrogen-bond donors (Lipinski definition) is 4. The minimum absolute atomic E-state index is 0.132. The Kier molecular flexibility index (Phi) is 4.90. The van der Waals surface area contributed by atoms with Gasteiger partial charge in [0.15, 0.2) is 0 Å². The Balaban J connectivity index is 2.01. The lowest BCUT2D eigenvalue weighted by Crippen LogP contribution is -2.34. The molecule has 1 aliphatic rings. The first kappa shape index (κ1) is 15.0. The zero-order chi connectivity index (χ0) is 15.2. The van der Waals surface area contributed by atoms with Gasteiger partial charge in [-0.1, -0.05) is 0 Å². The molecule has 2 rings (SSSR count). The van der Waals surface area contributed by atoms with Crippen LogP contribution in [0.4, 0.5) is 20.6 Å². The summed E-state index contributed by atoms with van der Waals surface area (Å²) in [6.07, 6.45) is -0.763. The number of benzene rings is 1. The van der Waals surface area contributed by atoms with Crippen LogP contribution in [0.3, 0.4) is 0 Å². The highest BCUT2D eigenvalue weighted by Gasteiger charge is 2.32. The van der Waals surface area contributed by atoms with Gasteiger partial charge in [0, 0.05) is 0 Å². The van der Waals surface area contributed by atoms with Gasteiger partial charge in [0.05, 0.1) is 31.2 Å². The molecule has 1 heterocycles. The van der Waals surface area contributed by atoms with Gasteiger partial charge in [-0.25, -0.2) is 14.6 Å². The van der Waals surface area contributed by atoms with E-state index < -0.39 is 18.0 Å². The fourth-order valence-corrected chi connectivity index (χ4v) is 1.87. The van der Waals surface area contributed by atoms with Crippen LogP contribution in [-0.4, -0.2) is 43.5 Å². The quantitative estimate of drug-likeness (QED) is 0.240. The predicted molar refractivity (Wildman–Crippen MR) is 71.9 cm³/mol. The van der Waals surface area contributed by atoms with Crippen molar-refractivity contribution in [2.75, 3.05) is 30.0 Å². The van der Waals surface area contributed by atoms with E-state index in [-0.39, 0.29) is 25.5 Å². The first-order valence-electron chi connectivity index (χ1n) is 6.20. The van der Waals surface area contributed by atoms with E-state index in [0.29, 0.717) is 12.1 Å². The summed E-state index contributed by atoms with van der Waals surface area (Å²) in [5.41, 5.74) is 5.25. The lowest BCUT2D eigenvalue weighted by Gasteiger charge is -2.15. The van der Waals surface area contributed by atoms with E-state index in [1.807, 2.05) is 0 Å². The highest BCUT2D eigenvalue weighted by molar-refractivity contribution is 5.90.